The average Bonchev–Trinajstić information content (AvgIpc) is 2.34. The second kappa shape index (κ2) is 6.96. The molecule has 0 fully saturated rings. The van der Waals surface area contributed by atoms with Crippen molar-refractivity contribution in [1.82, 2.24) is 4.98 Å². The van der Waals surface area contributed by atoms with Crippen LogP contribution < -0.4 is 10.6 Å². The summed E-state index contributed by atoms with van der Waals surface area (Å²) in [6, 6.07) is 3.81. The molecule has 1 rings (SSSR count). The number of amidine groups is 1. The Kier molecular flexibility index (Phi) is 5.58. The van der Waals surface area contributed by atoms with Crippen molar-refractivity contribution in [2.45, 2.75) is 13.8 Å². The lowest BCUT2D eigenvalue weighted by Gasteiger charge is -2.27. The number of nitrogens with zero attached hydrogens (tertiary/aromatic N) is 2. The summed E-state index contributed by atoms with van der Waals surface area (Å²) in [4.78, 5) is 6.35. The lowest BCUT2D eigenvalue weighted by molar-refractivity contribution is 0.204. The molecule has 0 aliphatic heterocycles. The molecule has 0 saturated heterocycles. The van der Waals surface area contributed by atoms with Crippen molar-refractivity contribution < 1.29 is 4.74 Å². The van der Waals surface area contributed by atoms with Crippen molar-refractivity contribution in [3.05, 3.63) is 24.0 Å². The second-order valence-electron chi connectivity index (χ2n) is 4.62. The number of aromatic nitrogens is 1. The van der Waals surface area contributed by atoms with Crippen molar-refractivity contribution in [1.29, 1.82) is 5.41 Å². The number of hydrogen-bond donors (Lipinski definition) is 2. The van der Waals surface area contributed by atoms with Gasteiger partial charge in [-0.05, 0) is 18.1 Å². The fourth-order valence-electron chi connectivity index (χ4n) is 1.81. The molecule has 0 amide bonds. The summed E-state index contributed by atoms with van der Waals surface area (Å²) in [5, 5.41) is 7.59. The number of nitrogens with one attached hydrogen (secondary N) is 1. The minimum atomic E-state index is -0.00299. The Hall–Kier alpha value is -1.62. The molecule has 0 aliphatic rings. The van der Waals surface area contributed by atoms with Crippen LogP contribution in [0.15, 0.2) is 18.3 Å². The molecule has 5 heteroatoms. The Morgan fingerprint density at radius 1 is 1.56 bits per heavy atom. The highest BCUT2D eigenvalue weighted by Crippen LogP contribution is 2.19. The number of anilines is 1. The zero-order valence-corrected chi connectivity index (χ0v) is 11.3. The van der Waals surface area contributed by atoms with E-state index in [2.05, 4.69) is 23.7 Å². The van der Waals surface area contributed by atoms with Gasteiger partial charge in [0.1, 0.15) is 11.5 Å². The molecule has 1 aromatic rings. The number of methoxy groups -OCH3 is 1. The van der Waals surface area contributed by atoms with Crippen molar-refractivity contribution in [3.8, 4) is 0 Å². The molecule has 5 nitrogen and oxygen atoms in total. The summed E-state index contributed by atoms with van der Waals surface area (Å²) < 4.78 is 5.13. The number of nitrogens with two attached hydrogens (primary N) is 1. The molecular weight excluding hydrogens is 228 g/mol. The third kappa shape index (κ3) is 4.00. The van der Waals surface area contributed by atoms with E-state index in [-0.39, 0.29) is 5.84 Å². The maximum absolute atomic E-state index is 7.59. The van der Waals surface area contributed by atoms with Crippen LogP contribution in [0.2, 0.25) is 0 Å². The van der Waals surface area contributed by atoms with Crippen molar-refractivity contribution >= 4 is 11.5 Å². The van der Waals surface area contributed by atoms with E-state index in [0.717, 1.165) is 18.8 Å². The van der Waals surface area contributed by atoms with E-state index >= 15 is 0 Å². The van der Waals surface area contributed by atoms with Gasteiger partial charge in [-0.2, -0.15) is 0 Å². The number of hydrogen-bond acceptors (Lipinski definition) is 4. The van der Waals surface area contributed by atoms with E-state index in [4.69, 9.17) is 15.9 Å². The minimum Gasteiger partial charge on any atom is -0.383 e. The van der Waals surface area contributed by atoms with Gasteiger partial charge in [0.15, 0.2) is 0 Å². The molecule has 0 aromatic carbocycles. The summed E-state index contributed by atoms with van der Waals surface area (Å²) in [6.07, 6.45) is 1.66. The predicted molar refractivity (Wildman–Crippen MR) is 74.2 cm³/mol. The Morgan fingerprint density at radius 3 is 2.83 bits per heavy atom. The zero-order chi connectivity index (χ0) is 13.5. The predicted octanol–water partition coefficient (Wildman–Crippen LogP) is 1.47. The maximum Gasteiger partial charge on any atom is 0.143 e. The van der Waals surface area contributed by atoms with Gasteiger partial charge in [0.25, 0.3) is 0 Å². The summed E-state index contributed by atoms with van der Waals surface area (Å²) in [5.74, 6) is 0.513. The average molecular weight is 250 g/mol. The lowest BCUT2D eigenvalue weighted by atomic mass is 10.1. The van der Waals surface area contributed by atoms with Gasteiger partial charge in [-0.1, -0.05) is 13.8 Å². The van der Waals surface area contributed by atoms with Gasteiger partial charge in [0.2, 0.25) is 0 Å². The Labute approximate surface area is 108 Å². The van der Waals surface area contributed by atoms with E-state index in [9.17, 15) is 0 Å². The van der Waals surface area contributed by atoms with Crippen LogP contribution in [0.1, 0.15) is 19.5 Å². The fraction of sp³-hybridized carbons (Fsp3) is 0.538. The summed E-state index contributed by atoms with van der Waals surface area (Å²) >= 11 is 0. The highest BCUT2D eigenvalue weighted by atomic mass is 16.5. The van der Waals surface area contributed by atoms with Gasteiger partial charge in [-0.25, -0.2) is 0 Å². The lowest BCUT2D eigenvalue weighted by Crippen LogP contribution is -2.33. The van der Waals surface area contributed by atoms with Gasteiger partial charge in [-0.15, -0.1) is 0 Å². The van der Waals surface area contributed by atoms with Crippen molar-refractivity contribution in [3.63, 3.8) is 0 Å². The van der Waals surface area contributed by atoms with Gasteiger partial charge >= 0.3 is 0 Å². The molecule has 1 aromatic heterocycles. The highest BCUT2D eigenvalue weighted by molar-refractivity contribution is 5.98. The third-order valence-electron chi connectivity index (χ3n) is 2.53. The number of rotatable bonds is 7. The third-order valence-corrected chi connectivity index (χ3v) is 2.53. The van der Waals surface area contributed by atoms with Gasteiger partial charge in [0, 0.05) is 26.4 Å². The highest BCUT2D eigenvalue weighted by Gasteiger charge is 2.14. The first kappa shape index (κ1) is 14.4. The number of pyridine rings is 1. The molecule has 18 heavy (non-hydrogen) atoms. The van der Waals surface area contributed by atoms with Gasteiger partial charge < -0.3 is 15.4 Å². The quantitative estimate of drug-likeness (QED) is 0.567. The Bertz CT molecular complexity index is 392. The molecule has 0 atom stereocenters. The fourth-order valence-corrected chi connectivity index (χ4v) is 1.81. The van der Waals surface area contributed by atoms with E-state index in [1.54, 1.807) is 13.3 Å². The first-order valence-corrected chi connectivity index (χ1v) is 6.09. The number of nitrogen functional groups attached to an aromatic ring is 1. The molecule has 0 radical (unpaired) electrons. The normalized spacial score (nSPS) is 10.7. The molecule has 3 N–H and O–H groups in total. The molecule has 0 spiro atoms. The van der Waals surface area contributed by atoms with Crippen LogP contribution in [0.4, 0.5) is 5.69 Å². The SMILES string of the molecule is COCCN(CC(C)C)c1cccnc1C(=N)N. The zero-order valence-electron chi connectivity index (χ0n) is 11.3. The first-order valence-electron chi connectivity index (χ1n) is 6.09. The molecule has 100 valence electrons. The molecule has 1 heterocycles. The molecule has 0 saturated carbocycles. The molecule has 0 aliphatic carbocycles. The maximum atomic E-state index is 7.59. The topological polar surface area (TPSA) is 75.2 Å². The largest absolute Gasteiger partial charge is 0.383 e. The van der Waals surface area contributed by atoms with Crippen molar-refractivity contribution in [2.24, 2.45) is 11.7 Å². The van der Waals surface area contributed by atoms with Gasteiger partial charge in [0.05, 0.1) is 12.3 Å². The number of ether oxygens (including phenoxy) is 1. The summed E-state index contributed by atoms with van der Waals surface area (Å²) in [7, 11) is 1.68. The second-order valence-corrected chi connectivity index (χ2v) is 4.62. The molecule has 0 bridgehead atoms. The van der Waals surface area contributed by atoms with E-state index in [1.165, 1.54) is 0 Å². The van der Waals surface area contributed by atoms with Crippen LogP contribution >= 0.6 is 0 Å². The van der Waals surface area contributed by atoms with Gasteiger partial charge in [-0.3, -0.25) is 10.4 Å². The van der Waals surface area contributed by atoms with Crippen LogP contribution in [0.5, 0.6) is 0 Å². The minimum absolute atomic E-state index is 0.00299. The summed E-state index contributed by atoms with van der Waals surface area (Å²) in [5.41, 5.74) is 7.01. The van der Waals surface area contributed by atoms with Crippen molar-refractivity contribution in [2.75, 3.05) is 31.7 Å². The Morgan fingerprint density at radius 2 is 2.28 bits per heavy atom. The van der Waals surface area contributed by atoms with Crippen LogP contribution in [0.25, 0.3) is 0 Å². The molecule has 0 unspecified atom stereocenters. The summed E-state index contributed by atoms with van der Waals surface area (Å²) in [6.45, 7) is 6.60. The smallest absolute Gasteiger partial charge is 0.143 e. The van der Waals surface area contributed by atoms with Crippen LogP contribution in [-0.4, -0.2) is 37.6 Å². The van der Waals surface area contributed by atoms with Crippen LogP contribution in [0, 0.1) is 11.3 Å². The van der Waals surface area contributed by atoms with E-state index < -0.39 is 0 Å². The monoisotopic (exact) mass is 250 g/mol. The molecular formula is C13H22N4O. The van der Waals surface area contributed by atoms with E-state index in [1.807, 2.05) is 12.1 Å². The van der Waals surface area contributed by atoms with Crippen LogP contribution in [-0.2, 0) is 4.74 Å². The first-order chi connectivity index (χ1) is 8.56. The standard InChI is InChI=1S/C13H22N4O/c1-10(2)9-17(7-8-18-3)11-5-4-6-16-12(11)13(14)15/h4-6,10H,7-9H2,1-3H3,(H3,14,15). The van der Waals surface area contributed by atoms with Crippen LogP contribution in [0.3, 0.4) is 0 Å². The van der Waals surface area contributed by atoms with E-state index in [0.29, 0.717) is 18.2 Å². The Balaban J connectivity index is 2.99.